The zero-order chi connectivity index (χ0) is 15.6. The number of aromatic nitrogens is 1. The lowest BCUT2D eigenvalue weighted by atomic mass is 9.99. The van der Waals surface area contributed by atoms with Gasteiger partial charge in [0.1, 0.15) is 5.82 Å². The van der Waals surface area contributed by atoms with Crippen molar-refractivity contribution < 1.29 is 9.90 Å². The maximum absolute atomic E-state index is 11.3. The van der Waals surface area contributed by atoms with E-state index in [4.69, 9.17) is 0 Å². The molecule has 0 aromatic carbocycles. The van der Waals surface area contributed by atoms with E-state index in [0.717, 1.165) is 44.0 Å². The fourth-order valence-electron chi connectivity index (χ4n) is 2.68. The van der Waals surface area contributed by atoms with Gasteiger partial charge >= 0.3 is 5.97 Å². The molecule has 0 spiro atoms. The largest absolute Gasteiger partial charge is 0.478 e. The second-order valence-electron chi connectivity index (χ2n) is 6.42. The Bertz CT molecular complexity index is 528. The first-order chi connectivity index (χ1) is 9.83. The van der Waals surface area contributed by atoms with E-state index in [1.165, 1.54) is 0 Å². The maximum atomic E-state index is 11.3. The van der Waals surface area contributed by atoms with E-state index in [-0.39, 0.29) is 5.54 Å². The maximum Gasteiger partial charge on any atom is 0.335 e. The van der Waals surface area contributed by atoms with E-state index in [1.54, 1.807) is 12.1 Å². The highest BCUT2D eigenvalue weighted by atomic mass is 16.4. The topological polar surface area (TPSA) is 56.7 Å². The molecule has 0 aliphatic carbocycles. The van der Waals surface area contributed by atoms with Crippen LogP contribution in [0.2, 0.25) is 0 Å². The molecule has 0 bridgehead atoms. The minimum atomic E-state index is -0.885. The Morgan fingerprint density at radius 2 is 2.10 bits per heavy atom. The van der Waals surface area contributed by atoms with Crippen molar-refractivity contribution >= 4 is 11.8 Å². The molecule has 1 fully saturated rings. The lowest BCUT2D eigenvalue weighted by Crippen LogP contribution is -2.57. The molecule has 1 aromatic heterocycles. The second kappa shape index (κ2) is 6.02. The second-order valence-corrected chi connectivity index (χ2v) is 6.42. The molecule has 21 heavy (non-hydrogen) atoms. The lowest BCUT2D eigenvalue weighted by Gasteiger charge is -2.45. The molecule has 2 heterocycles. The summed E-state index contributed by atoms with van der Waals surface area (Å²) < 4.78 is 0. The van der Waals surface area contributed by atoms with Gasteiger partial charge in [-0.25, -0.2) is 9.78 Å². The van der Waals surface area contributed by atoms with Crippen molar-refractivity contribution in [1.82, 2.24) is 9.88 Å². The minimum Gasteiger partial charge on any atom is -0.478 e. The van der Waals surface area contributed by atoms with Crippen LogP contribution in [0.3, 0.4) is 0 Å². The fourth-order valence-corrected chi connectivity index (χ4v) is 2.68. The van der Waals surface area contributed by atoms with Gasteiger partial charge in [-0.05, 0) is 39.4 Å². The molecule has 0 saturated carbocycles. The van der Waals surface area contributed by atoms with Crippen molar-refractivity contribution in [1.29, 1.82) is 0 Å². The molecule has 116 valence electrons. The summed E-state index contributed by atoms with van der Waals surface area (Å²) in [6, 6.07) is 3.39. The Balaban J connectivity index is 2.32. The Labute approximate surface area is 126 Å². The molecule has 1 aliphatic heterocycles. The standard InChI is InChI=1S/C16H25N3O2/c1-5-6-13-9-12(15(20)21)10-14(17-13)19-8-7-18(4)16(2,3)11-19/h9-10H,5-8,11H2,1-4H3,(H,20,21). The number of likely N-dealkylation sites (N-methyl/N-ethyl adjacent to an activating group) is 1. The van der Waals surface area contributed by atoms with Crippen molar-refractivity contribution in [3.8, 4) is 0 Å². The van der Waals surface area contributed by atoms with Crippen LogP contribution < -0.4 is 4.90 Å². The van der Waals surface area contributed by atoms with Gasteiger partial charge < -0.3 is 10.0 Å². The van der Waals surface area contributed by atoms with Gasteiger partial charge in [0.15, 0.2) is 0 Å². The Morgan fingerprint density at radius 3 is 2.67 bits per heavy atom. The Kier molecular flexibility index (Phi) is 4.52. The normalized spacial score (nSPS) is 18.8. The quantitative estimate of drug-likeness (QED) is 0.922. The molecule has 5 heteroatoms. The number of hydrogen-bond acceptors (Lipinski definition) is 4. The number of carboxylic acids is 1. The van der Waals surface area contributed by atoms with Crippen LogP contribution in [0.5, 0.6) is 0 Å². The summed E-state index contributed by atoms with van der Waals surface area (Å²) in [6.45, 7) is 9.16. The molecule has 1 aliphatic rings. The van der Waals surface area contributed by atoms with Gasteiger partial charge in [0.2, 0.25) is 0 Å². The first-order valence-corrected chi connectivity index (χ1v) is 7.54. The third-order valence-electron chi connectivity index (χ3n) is 4.26. The smallest absolute Gasteiger partial charge is 0.335 e. The number of nitrogens with zero attached hydrogens (tertiary/aromatic N) is 3. The number of carboxylic acid groups (broad SMARTS) is 1. The number of carbonyl (C=O) groups is 1. The van der Waals surface area contributed by atoms with Crippen LogP contribution in [0.15, 0.2) is 12.1 Å². The van der Waals surface area contributed by atoms with Gasteiger partial charge in [0.25, 0.3) is 0 Å². The van der Waals surface area contributed by atoms with Gasteiger partial charge in [-0.15, -0.1) is 0 Å². The molecular formula is C16H25N3O2. The zero-order valence-corrected chi connectivity index (χ0v) is 13.4. The number of anilines is 1. The molecule has 2 rings (SSSR count). The molecule has 1 saturated heterocycles. The third-order valence-corrected chi connectivity index (χ3v) is 4.26. The molecular weight excluding hydrogens is 266 g/mol. The number of aryl methyl sites for hydroxylation is 1. The average molecular weight is 291 g/mol. The summed E-state index contributed by atoms with van der Waals surface area (Å²) in [5.74, 6) is -0.0936. The highest BCUT2D eigenvalue weighted by molar-refractivity contribution is 5.88. The summed E-state index contributed by atoms with van der Waals surface area (Å²) in [7, 11) is 2.13. The number of piperazine rings is 1. The van der Waals surface area contributed by atoms with Gasteiger partial charge in [0, 0.05) is 30.9 Å². The van der Waals surface area contributed by atoms with Crippen molar-refractivity contribution in [3.63, 3.8) is 0 Å². The van der Waals surface area contributed by atoms with Gasteiger partial charge in [-0.2, -0.15) is 0 Å². The number of aromatic carboxylic acids is 1. The van der Waals surface area contributed by atoms with Crippen molar-refractivity contribution in [2.24, 2.45) is 0 Å². The summed E-state index contributed by atoms with van der Waals surface area (Å²) >= 11 is 0. The predicted molar refractivity (Wildman–Crippen MR) is 84.1 cm³/mol. The van der Waals surface area contributed by atoms with E-state index >= 15 is 0 Å². The van der Waals surface area contributed by atoms with Crippen LogP contribution in [-0.2, 0) is 6.42 Å². The van der Waals surface area contributed by atoms with Gasteiger partial charge in [-0.1, -0.05) is 13.3 Å². The average Bonchev–Trinajstić information content (AvgIpc) is 2.41. The molecule has 5 nitrogen and oxygen atoms in total. The Morgan fingerprint density at radius 1 is 1.38 bits per heavy atom. The van der Waals surface area contributed by atoms with E-state index in [1.807, 2.05) is 0 Å². The SMILES string of the molecule is CCCc1cc(C(=O)O)cc(N2CCN(C)C(C)(C)C2)n1. The van der Waals surface area contributed by atoms with E-state index < -0.39 is 5.97 Å². The highest BCUT2D eigenvalue weighted by Gasteiger charge is 2.31. The summed E-state index contributed by atoms with van der Waals surface area (Å²) in [5.41, 5.74) is 1.26. The lowest BCUT2D eigenvalue weighted by molar-refractivity contribution is 0.0696. The summed E-state index contributed by atoms with van der Waals surface area (Å²) in [5, 5.41) is 9.29. The van der Waals surface area contributed by atoms with Crippen LogP contribution in [0.1, 0.15) is 43.2 Å². The van der Waals surface area contributed by atoms with Crippen molar-refractivity contribution in [2.75, 3.05) is 31.6 Å². The first kappa shape index (κ1) is 15.8. The van der Waals surface area contributed by atoms with Crippen LogP contribution >= 0.6 is 0 Å². The van der Waals surface area contributed by atoms with Crippen molar-refractivity contribution in [3.05, 3.63) is 23.4 Å². The zero-order valence-electron chi connectivity index (χ0n) is 13.4. The van der Waals surface area contributed by atoms with Crippen LogP contribution in [0.25, 0.3) is 0 Å². The van der Waals surface area contributed by atoms with E-state index in [0.29, 0.717) is 5.56 Å². The number of pyridine rings is 1. The van der Waals surface area contributed by atoms with E-state index in [9.17, 15) is 9.90 Å². The predicted octanol–water partition coefficient (Wildman–Crippen LogP) is 2.26. The minimum absolute atomic E-state index is 0.0596. The van der Waals surface area contributed by atoms with Crippen molar-refractivity contribution in [2.45, 2.75) is 39.2 Å². The molecule has 0 unspecified atom stereocenters. The molecule has 0 amide bonds. The number of hydrogen-bond donors (Lipinski definition) is 1. The van der Waals surface area contributed by atoms with Gasteiger partial charge in [0.05, 0.1) is 5.56 Å². The summed E-state index contributed by atoms with van der Waals surface area (Å²) in [4.78, 5) is 20.5. The van der Waals surface area contributed by atoms with Crippen LogP contribution in [0, 0.1) is 0 Å². The highest BCUT2D eigenvalue weighted by Crippen LogP contribution is 2.24. The number of rotatable bonds is 4. The van der Waals surface area contributed by atoms with E-state index in [2.05, 4.69) is 42.6 Å². The monoisotopic (exact) mass is 291 g/mol. The molecule has 0 atom stereocenters. The summed E-state index contributed by atoms with van der Waals surface area (Å²) in [6.07, 6.45) is 1.77. The van der Waals surface area contributed by atoms with Gasteiger partial charge in [-0.3, -0.25) is 4.90 Å². The Hall–Kier alpha value is -1.62. The van der Waals surface area contributed by atoms with Crippen LogP contribution in [-0.4, -0.2) is 53.2 Å². The van der Waals surface area contributed by atoms with Crippen LogP contribution in [0.4, 0.5) is 5.82 Å². The fraction of sp³-hybridized carbons (Fsp3) is 0.625. The third kappa shape index (κ3) is 3.53. The first-order valence-electron chi connectivity index (χ1n) is 7.54. The molecule has 1 N–H and O–H groups in total. The molecule has 1 aromatic rings. The molecule has 0 radical (unpaired) electrons.